The van der Waals surface area contributed by atoms with Gasteiger partial charge in [0.1, 0.15) is 16.5 Å². The molecule has 0 spiro atoms. The van der Waals surface area contributed by atoms with Crippen LogP contribution in [0.5, 0.6) is 0 Å². The van der Waals surface area contributed by atoms with E-state index >= 15 is 0 Å². The molecule has 3 aromatic rings. The highest BCUT2D eigenvalue weighted by molar-refractivity contribution is 7.90. The van der Waals surface area contributed by atoms with Crippen molar-refractivity contribution in [2.75, 3.05) is 11.6 Å². The van der Waals surface area contributed by atoms with Crippen LogP contribution >= 0.6 is 0 Å². The van der Waals surface area contributed by atoms with Gasteiger partial charge in [-0.25, -0.2) is 12.8 Å². The number of anilines is 1. The number of nitrogens with one attached hydrogen (secondary N) is 1. The Morgan fingerprint density at radius 2 is 1.96 bits per heavy atom. The molecule has 0 unspecified atom stereocenters. The molecule has 3 rings (SSSR count). The van der Waals surface area contributed by atoms with E-state index in [1.165, 1.54) is 12.1 Å². The van der Waals surface area contributed by atoms with E-state index in [1.54, 1.807) is 29.6 Å². The Balaban J connectivity index is 1.87. The number of rotatable bonds is 4. The Hall–Kier alpha value is -2.55. The van der Waals surface area contributed by atoms with Crippen LogP contribution in [0.25, 0.3) is 5.65 Å². The lowest BCUT2D eigenvalue weighted by Crippen LogP contribution is -2.11. The van der Waals surface area contributed by atoms with E-state index in [1.807, 2.05) is 6.92 Å². The van der Waals surface area contributed by atoms with Gasteiger partial charge in [-0.1, -0.05) is 6.07 Å². The summed E-state index contributed by atoms with van der Waals surface area (Å²) >= 11 is 0. The minimum atomic E-state index is -3.58. The second kappa shape index (κ2) is 5.82. The van der Waals surface area contributed by atoms with Crippen LogP contribution in [0, 0.1) is 12.7 Å². The Bertz CT molecular complexity index is 1020. The molecule has 0 aliphatic carbocycles. The molecule has 0 saturated carbocycles. The summed E-state index contributed by atoms with van der Waals surface area (Å²) in [5.74, 6) is 0.470. The molecule has 7 nitrogen and oxygen atoms in total. The summed E-state index contributed by atoms with van der Waals surface area (Å²) in [6.07, 6.45) is 0.980. The summed E-state index contributed by atoms with van der Waals surface area (Å²) in [6.45, 7) is 3.62. The predicted octanol–water partition coefficient (Wildman–Crippen LogP) is 2.15. The molecular weight excluding hydrogens is 333 g/mol. The Kier molecular flexibility index (Phi) is 3.96. The van der Waals surface area contributed by atoms with Crippen LogP contribution in [-0.4, -0.2) is 34.5 Å². The first kappa shape index (κ1) is 16.3. The predicted molar refractivity (Wildman–Crippen MR) is 87.1 cm³/mol. The number of aryl methyl sites for hydroxylation is 1. The zero-order valence-corrected chi connectivity index (χ0v) is 14.2. The third kappa shape index (κ3) is 3.07. The van der Waals surface area contributed by atoms with E-state index in [0.29, 0.717) is 22.9 Å². The van der Waals surface area contributed by atoms with Crippen molar-refractivity contribution in [1.29, 1.82) is 0 Å². The van der Waals surface area contributed by atoms with Crippen molar-refractivity contribution < 1.29 is 12.8 Å². The second-order valence-electron chi connectivity index (χ2n) is 5.56. The van der Waals surface area contributed by atoms with E-state index < -0.39 is 15.7 Å². The topological polar surface area (TPSA) is 89.2 Å². The first-order valence-corrected chi connectivity index (χ1v) is 9.10. The summed E-state index contributed by atoms with van der Waals surface area (Å²) in [5, 5.41) is 15.4. The number of hydrogen-bond donors (Lipinski definition) is 1. The van der Waals surface area contributed by atoms with Crippen LogP contribution in [0.15, 0.2) is 35.2 Å². The number of fused-ring (bicyclic) bond motifs is 1. The van der Waals surface area contributed by atoms with Crippen LogP contribution in [0.1, 0.15) is 24.4 Å². The third-order valence-corrected chi connectivity index (χ3v) is 4.77. The van der Waals surface area contributed by atoms with Gasteiger partial charge in [0, 0.05) is 6.26 Å². The monoisotopic (exact) mass is 349 g/mol. The molecule has 126 valence electrons. The second-order valence-corrected chi connectivity index (χ2v) is 7.55. The average Bonchev–Trinajstić information content (AvgIpc) is 2.87. The van der Waals surface area contributed by atoms with Crippen molar-refractivity contribution in [1.82, 2.24) is 19.8 Å². The fourth-order valence-electron chi connectivity index (χ4n) is 2.37. The van der Waals surface area contributed by atoms with Crippen molar-refractivity contribution in [3.63, 3.8) is 0 Å². The van der Waals surface area contributed by atoms with Crippen LogP contribution in [0.3, 0.4) is 0 Å². The number of halogens is 1. The molecule has 9 heteroatoms. The van der Waals surface area contributed by atoms with E-state index in [4.69, 9.17) is 0 Å². The summed E-state index contributed by atoms with van der Waals surface area (Å²) in [7, 11) is -3.58. The standard InChI is InChI=1S/C15H16FN5O2S/c1-9(11-4-5-13(12(16)8-11)24(3,22)23)17-14-6-7-15-19-18-10(2)21(15)20-14/h4-9H,1-3H3,(H,17,20)/t9-/m0/s1. The number of nitrogens with zero attached hydrogens (tertiary/aromatic N) is 4. The van der Waals surface area contributed by atoms with Gasteiger partial charge in [-0.05, 0) is 43.7 Å². The first-order valence-electron chi connectivity index (χ1n) is 7.21. The molecule has 0 aliphatic heterocycles. The van der Waals surface area contributed by atoms with Crippen LogP contribution < -0.4 is 5.32 Å². The molecule has 2 heterocycles. The summed E-state index contributed by atoms with van der Waals surface area (Å²) < 4.78 is 38.6. The minimum absolute atomic E-state index is 0.269. The molecule has 1 atom stereocenters. The fourth-order valence-corrected chi connectivity index (χ4v) is 3.09. The molecule has 0 aliphatic rings. The Morgan fingerprint density at radius 1 is 1.21 bits per heavy atom. The summed E-state index contributed by atoms with van der Waals surface area (Å²) in [4.78, 5) is -0.307. The highest BCUT2D eigenvalue weighted by Gasteiger charge is 2.16. The summed E-state index contributed by atoms with van der Waals surface area (Å²) in [5.41, 5.74) is 1.25. The maximum absolute atomic E-state index is 14.0. The van der Waals surface area contributed by atoms with E-state index in [9.17, 15) is 12.8 Å². The van der Waals surface area contributed by atoms with Gasteiger partial charge in [0.2, 0.25) is 0 Å². The zero-order chi connectivity index (χ0) is 17.5. The van der Waals surface area contributed by atoms with Gasteiger partial charge < -0.3 is 5.32 Å². The normalized spacial score (nSPS) is 13.2. The molecule has 1 N–H and O–H groups in total. The van der Waals surface area contributed by atoms with Crippen LogP contribution in [0.4, 0.5) is 10.2 Å². The number of aromatic nitrogens is 4. The SMILES string of the molecule is Cc1nnc2ccc(N[C@@H](C)c3ccc(S(C)(=O)=O)c(F)c3)nn12. The maximum Gasteiger partial charge on any atom is 0.178 e. The van der Waals surface area contributed by atoms with Gasteiger partial charge in [0.15, 0.2) is 21.3 Å². The molecule has 0 amide bonds. The fraction of sp³-hybridized carbons (Fsp3) is 0.267. The lowest BCUT2D eigenvalue weighted by molar-refractivity contribution is 0.568. The van der Waals surface area contributed by atoms with Crippen molar-refractivity contribution in [3.05, 3.63) is 47.5 Å². The van der Waals surface area contributed by atoms with Crippen molar-refractivity contribution in [2.24, 2.45) is 0 Å². The van der Waals surface area contributed by atoms with E-state index in [0.717, 1.165) is 6.26 Å². The molecule has 1 aromatic carbocycles. The van der Waals surface area contributed by atoms with Crippen LogP contribution in [0.2, 0.25) is 0 Å². The van der Waals surface area contributed by atoms with Gasteiger partial charge in [0.25, 0.3) is 0 Å². The molecule has 0 fully saturated rings. The Morgan fingerprint density at radius 3 is 2.62 bits per heavy atom. The zero-order valence-electron chi connectivity index (χ0n) is 13.4. The number of benzene rings is 1. The van der Waals surface area contributed by atoms with E-state index in [2.05, 4.69) is 20.6 Å². The molecule has 24 heavy (non-hydrogen) atoms. The van der Waals surface area contributed by atoms with Gasteiger partial charge in [-0.3, -0.25) is 0 Å². The maximum atomic E-state index is 14.0. The van der Waals surface area contributed by atoms with E-state index in [-0.39, 0.29) is 10.9 Å². The molecule has 0 saturated heterocycles. The Labute approximate surface area is 138 Å². The quantitative estimate of drug-likeness (QED) is 0.776. The smallest absolute Gasteiger partial charge is 0.178 e. The molecule has 0 radical (unpaired) electrons. The largest absolute Gasteiger partial charge is 0.362 e. The molecule has 0 bridgehead atoms. The average molecular weight is 349 g/mol. The molecule has 2 aromatic heterocycles. The van der Waals surface area contributed by atoms with Crippen LogP contribution in [-0.2, 0) is 9.84 Å². The van der Waals surface area contributed by atoms with Gasteiger partial charge in [-0.15, -0.1) is 15.3 Å². The van der Waals surface area contributed by atoms with Gasteiger partial charge in [-0.2, -0.15) is 4.52 Å². The van der Waals surface area contributed by atoms with Crippen molar-refractivity contribution >= 4 is 21.3 Å². The highest BCUT2D eigenvalue weighted by Crippen LogP contribution is 2.22. The molecular formula is C15H16FN5O2S. The van der Waals surface area contributed by atoms with Crippen molar-refractivity contribution in [2.45, 2.75) is 24.8 Å². The summed E-state index contributed by atoms with van der Waals surface area (Å²) in [6, 6.07) is 7.33. The third-order valence-electron chi connectivity index (χ3n) is 3.64. The van der Waals surface area contributed by atoms with Gasteiger partial charge in [0.05, 0.1) is 6.04 Å². The van der Waals surface area contributed by atoms with Gasteiger partial charge >= 0.3 is 0 Å². The van der Waals surface area contributed by atoms with Crippen molar-refractivity contribution in [3.8, 4) is 0 Å². The lowest BCUT2D eigenvalue weighted by atomic mass is 10.1. The number of hydrogen-bond acceptors (Lipinski definition) is 6. The number of sulfone groups is 1. The minimum Gasteiger partial charge on any atom is -0.362 e. The first-order chi connectivity index (χ1) is 11.3. The lowest BCUT2D eigenvalue weighted by Gasteiger charge is -2.15. The highest BCUT2D eigenvalue weighted by atomic mass is 32.2.